The number of anilines is 1. The van der Waals surface area contributed by atoms with Crippen molar-refractivity contribution in [3.63, 3.8) is 0 Å². The lowest BCUT2D eigenvalue weighted by molar-refractivity contribution is 0.179. The highest BCUT2D eigenvalue weighted by molar-refractivity contribution is 5.48. The number of halogens is 1. The normalized spacial score (nSPS) is 12.5. The number of nitrogen functional groups attached to an aromatic ring is 1. The summed E-state index contributed by atoms with van der Waals surface area (Å²) in [5.41, 5.74) is 7.27. The summed E-state index contributed by atoms with van der Waals surface area (Å²) in [4.78, 5) is 0. The van der Waals surface area contributed by atoms with Gasteiger partial charge in [-0.3, -0.25) is 0 Å². The van der Waals surface area contributed by atoms with Gasteiger partial charge in [0.05, 0.1) is 6.10 Å². The second-order valence-electron chi connectivity index (χ2n) is 3.45. The first-order valence-electron chi connectivity index (χ1n) is 4.38. The van der Waals surface area contributed by atoms with Gasteiger partial charge >= 0.3 is 0 Å². The van der Waals surface area contributed by atoms with E-state index in [0.717, 1.165) is 5.57 Å². The summed E-state index contributed by atoms with van der Waals surface area (Å²) in [7, 11) is 0. The number of nitrogens with two attached hydrogens (primary N) is 1. The van der Waals surface area contributed by atoms with Crippen LogP contribution in [-0.4, -0.2) is 5.11 Å². The van der Waals surface area contributed by atoms with Crippen LogP contribution < -0.4 is 5.73 Å². The summed E-state index contributed by atoms with van der Waals surface area (Å²) < 4.78 is 12.9. The Kier molecular flexibility index (Phi) is 3.25. The standard InChI is InChI=1S/C11H14FNO/c1-7(2)5-11(14)9-6-8(12)3-4-10(9)13/h3-4,6,11,14H,1,5,13H2,2H3. The summed E-state index contributed by atoms with van der Waals surface area (Å²) in [6.07, 6.45) is -0.378. The van der Waals surface area contributed by atoms with E-state index >= 15 is 0 Å². The van der Waals surface area contributed by atoms with Gasteiger partial charge in [-0.05, 0) is 31.5 Å². The van der Waals surface area contributed by atoms with Crippen LogP contribution in [0, 0.1) is 5.82 Å². The van der Waals surface area contributed by atoms with Gasteiger partial charge in [-0.15, -0.1) is 6.58 Å². The molecule has 1 aromatic carbocycles. The molecule has 3 heteroatoms. The van der Waals surface area contributed by atoms with Gasteiger partial charge in [0.15, 0.2) is 0 Å². The summed E-state index contributed by atoms with van der Waals surface area (Å²) >= 11 is 0. The zero-order valence-corrected chi connectivity index (χ0v) is 8.13. The molecular formula is C11H14FNO. The Morgan fingerprint density at radius 3 is 2.86 bits per heavy atom. The number of aliphatic hydroxyl groups is 1. The third kappa shape index (κ3) is 2.57. The summed E-state index contributed by atoms with van der Waals surface area (Å²) in [5.74, 6) is -0.394. The molecule has 1 rings (SSSR count). The van der Waals surface area contributed by atoms with Gasteiger partial charge in [-0.2, -0.15) is 0 Å². The van der Waals surface area contributed by atoms with Gasteiger partial charge < -0.3 is 10.8 Å². The Labute approximate surface area is 82.9 Å². The smallest absolute Gasteiger partial charge is 0.123 e. The third-order valence-corrected chi connectivity index (χ3v) is 1.95. The lowest BCUT2D eigenvalue weighted by Gasteiger charge is -2.13. The van der Waals surface area contributed by atoms with E-state index in [4.69, 9.17) is 5.73 Å². The van der Waals surface area contributed by atoms with Crippen LogP contribution in [0.2, 0.25) is 0 Å². The van der Waals surface area contributed by atoms with Crippen LogP contribution in [0.3, 0.4) is 0 Å². The van der Waals surface area contributed by atoms with Crippen molar-refractivity contribution in [2.75, 3.05) is 5.73 Å². The van der Waals surface area contributed by atoms with E-state index in [1.807, 2.05) is 0 Å². The Bertz CT molecular complexity index is 349. The predicted molar refractivity (Wildman–Crippen MR) is 55.2 cm³/mol. The molecule has 3 N–H and O–H groups in total. The molecule has 0 amide bonds. The van der Waals surface area contributed by atoms with Gasteiger partial charge in [0.1, 0.15) is 5.82 Å². The van der Waals surface area contributed by atoms with Crippen molar-refractivity contribution in [1.82, 2.24) is 0 Å². The molecule has 0 spiro atoms. The maximum absolute atomic E-state index is 12.9. The Morgan fingerprint density at radius 2 is 2.29 bits per heavy atom. The fourth-order valence-electron chi connectivity index (χ4n) is 1.27. The highest BCUT2D eigenvalue weighted by Crippen LogP contribution is 2.25. The molecule has 76 valence electrons. The van der Waals surface area contributed by atoms with Crippen LogP contribution >= 0.6 is 0 Å². The summed E-state index contributed by atoms with van der Waals surface area (Å²) in [6, 6.07) is 3.97. The third-order valence-electron chi connectivity index (χ3n) is 1.95. The molecule has 1 aromatic rings. The van der Waals surface area contributed by atoms with Crippen molar-refractivity contribution in [2.24, 2.45) is 0 Å². The van der Waals surface area contributed by atoms with Gasteiger partial charge in [0.2, 0.25) is 0 Å². The van der Waals surface area contributed by atoms with Crippen molar-refractivity contribution in [3.8, 4) is 0 Å². The molecule has 0 aliphatic carbocycles. The molecular weight excluding hydrogens is 181 g/mol. The molecule has 0 fully saturated rings. The SMILES string of the molecule is C=C(C)CC(O)c1cc(F)ccc1N. The molecule has 14 heavy (non-hydrogen) atoms. The minimum Gasteiger partial charge on any atom is -0.398 e. The van der Waals surface area contributed by atoms with Gasteiger partial charge in [-0.25, -0.2) is 4.39 Å². The molecule has 0 aliphatic rings. The first-order valence-corrected chi connectivity index (χ1v) is 4.38. The topological polar surface area (TPSA) is 46.2 Å². The van der Waals surface area contributed by atoms with Gasteiger partial charge in [-0.1, -0.05) is 5.57 Å². The van der Waals surface area contributed by atoms with Crippen LogP contribution in [0.25, 0.3) is 0 Å². The summed E-state index contributed by atoms with van der Waals surface area (Å²) in [6.45, 7) is 5.48. The van der Waals surface area contributed by atoms with Crippen molar-refractivity contribution in [3.05, 3.63) is 41.7 Å². The average molecular weight is 195 g/mol. The largest absolute Gasteiger partial charge is 0.398 e. The second kappa shape index (κ2) is 4.24. The molecule has 0 saturated heterocycles. The van der Waals surface area contributed by atoms with Crippen LogP contribution in [0.4, 0.5) is 10.1 Å². The highest BCUT2D eigenvalue weighted by atomic mass is 19.1. The first kappa shape index (κ1) is 10.7. The average Bonchev–Trinajstić information content (AvgIpc) is 2.08. The Morgan fingerprint density at radius 1 is 1.64 bits per heavy atom. The lowest BCUT2D eigenvalue weighted by Crippen LogP contribution is -2.03. The number of hydrogen-bond acceptors (Lipinski definition) is 2. The lowest BCUT2D eigenvalue weighted by atomic mass is 10.0. The van der Waals surface area contributed by atoms with E-state index in [2.05, 4.69) is 6.58 Å². The number of hydrogen-bond donors (Lipinski definition) is 2. The molecule has 0 aliphatic heterocycles. The van der Waals surface area contributed by atoms with E-state index in [1.165, 1.54) is 18.2 Å². The van der Waals surface area contributed by atoms with E-state index in [1.54, 1.807) is 6.92 Å². The van der Waals surface area contributed by atoms with Gasteiger partial charge in [0.25, 0.3) is 0 Å². The van der Waals surface area contributed by atoms with Crippen LogP contribution in [-0.2, 0) is 0 Å². The predicted octanol–water partition coefficient (Wildman–Crippen LogP) is 2.41. The highest BCUT2D eigenvalue weighted by Gasteiger charge is 2.11. The minimum atomic E-state index is -0.775. The molecule has 1 unspecified atom stereocenters. The second-order valence-corrected chi connectivity index (χ2v) is 3.45. The zero-order chi connectivity index (χ0) is 10.7. The van der Waals surface area contributed by atoms with Crippen molar-refractivity contribution in [1.29, 1.82) is 0 Å². The maximum atomic E-state index is 12.9. The molecule has 0 radical (unpaired) electrons. The maximum Gasteiger partial charge on any atom is 0.123 e. The summed E-state index contributed by atoms with van der Waals surface area (Å²) in [5, 5.41) is 9.69. The van der Waals surface area contributed by atoms with E-state index in [-0.39, 0.29) is 0 Å². The van der Waals surface area contributed by atoms with Crippen molar-refractivity contribution in [2.45, 2.75) is 19.4 Å². The van der Waals surface area contributed by atoms with Gasteiger partial charge in [0, 0.05) is 11.3 Å². The fraction of sp³-hybridized carbons (Fsp3) is 0.273. The molecule has 2 nitrogen and oxygen atoms in total. The monoisotopic (exact) mass is 195 g/mol. The first-order chi connectivity index (χ1) is 6.50. The fourth-order valence-corrected chi connectivity index (χ4v) is 1.27. The quantitative estimate of drug-likeness (QED) is 0.574. The molecule has 0 aromatic heterocycles. The van der Waals surface area contributed by atoms with E-state index in [9.17, 15) is 9.50 Å². The Hall–Kier alpha value is -1.35. The molecule has 0 heterocycles. The molecule has 0 bridgehead atoms. The van der Waals surface area contributed by atoms with Crippen LogP contribution in [0.1, 0.15) is 25.0 Å². The van der Waals surface area contributed by atoms with Crippen LogP contribution in [0.15, 0.2) is 30.4 Å². The molecule has 1 atom stereocenters. The zero-order valence-electron chi connectivity index (χ0n) is 8.13. The van der Waals surface area contributed by atoms with E-state index in [0.29, 0.717) is 17.7 Å². The van der Waals surface area contributed by atoms with E-state index < -0.39 is 11.9 Å². The van der Waals surface area contributed by atoms with Crippen molar-refractivity contribution < 1.29 is 9.50 Å². The number of rotatable bonds is 3. The Balaban J connectivity index is 2.93. The van der Waals surface area contributed by atoms with Crippen molar-refractivity contribution >= 4 is 5.69 Å². The minimum absolute atomic E-state index is 0.394. The molecule has 0 saturated carbocycles. The number of benzene rings is 1. The number of aliphatic hydroxyl groups excluding tert-OH is 1. The van der Waals surface area contributed by atoms with Crippen LogP contribution in [0.5, 0.6) is 0 Å².